The molecule has 2 N–H and O–H groups in total. The number of nitrogens with zero attached hydrogens (tertiary/aromatic N) is 3. The van der Waals surface area contributed by atoms with E-state index in [2.05, 4.69) is 10.2 Å². The van der Waals surface area contributed by atoms with Gasteiger partial charge in [0.05, 0.1) is 4.88 Å². The minimum Gasteiger partial charge on any atom is -0.334 e. The quantitative estimate of drug-likeness (QED) is 0.621. The Morgan fingerprint density at radius 1 is 1.53 bits per heavy atom. The van der Waals surface area contributed by atoms with E-state index in [1.54, 1.807) is 6.26 Å². The van der Waals surface area contributed by atoms with Gasteiger partial charge in [-0.25, -0.2) is 0 Å². The summed E-state index contributed by atoms with van der Waals surface area (Å²) in [6.07, 6.45) is 1.79. The highest BCUT2D eigenvalue weighted by Gasteiger charge is 2.11. The molecule has 5 nitrogen and oxygen atoms in total. The van der Waals surface area contributed by atoms with Gasteiger partial charge in [-0.05, 0) is 17.7 Å². The fraction of sp³-hybridized carbons (Fsp3) is 0.125. The summed E-state index contributed by atoms with van der Waals surface area (Å²) in [7, 11) is 0. The maximum Gasteiger partial charge on any atom is 0.300 e. The average molecular weight is 240 g/mol. The molecule has 0 spiro atoms. The van der Waals surface area contributed by atoms with Gasteiger partial charge in [0.15, 0.2) is 5.69 Å². The second-order valence-electron chi connectivity index (χ2n) is 2.69. The highest BCUT2D eigenvalue weighted by atomic mass is 32.2. The summed E-state index contributed by atoms with van der Waals surface area (Å²) < 4.78 is 1.02. The number of hydrogen-bond acceptors (Lipinski definition) is 6. The maximum atomic E-state index is 11.8. The number of nitrogens with two attached hydrogens (primary N) is 1. The van der Waals surface area contributed by atoms with Gasteiger partial charge in [-0.1, -0.05) is 17.8 Å². The Kier molecular flexibility index (Phi) is 2.74. The van der Waals surface area contributed by atoms with Gasteiger partial charge >= 0.3 is 0 Å². The van der Waals surface area contributed by atoms with Crippen LogP contribution in [0.25, 0.3) is 10.6 Å². The van der Waals surface area contributed by atoms with Crippen molar-refractivity contribution in [1.29, 1.82) is 0 Å². The van der Waals surface area contributed by atoms with Crippen LogP contribution < -0.4 is 11.4 Å². The number of thioether (sulfide) groups is 1. The fourth-order valence-electron chi connectivity index (χ4n) is 1.09. The minimum absolute atomic E-state index is 0.297. The maximum absolute atomic E-state index is 11.8. The normalized spacial score (nSPS) is 10.5. The lowest BCUT2D eigenvalue weighted by Gasteiger charge is -2.03. The summed E-state index contributed by atoms with van der Waals surface area (Å²) in [5, 5.41) is 10.0. The molecule has 0 aliphatic heterocycles. The van der Waals surface area contributed by atoms with Crippen LogP contribution in [-0.4, -0.2) is 21.1 Å². The molecule has 2 heterocycles. The molecule has 0 unspecified atom stereocenters. The second kappa shape index (κ2) is 4.03. The van der Waals surface area contributed by atoms with Crippen LogP contribution in [0.1, 0.15) is 0 Å². The molecule has 0 aliphatic rings. The number of nitrogen functional groups attached to an aromatic ring is 1. The molecule has 0 aromatic carbocycles. The van der Waals surface area contributed by atoms with Crippen LogP contribution in [-0.2, 0) is 0 Å². The molecule has 78 valence electrons. The number of aromatic nitrogens is 3. The van der Waals surface area contributed by atoms with Gasteiger partial charge in [-0.15, -0.1) is 21.5 Å². The van der Waals surface area contributed by atoms with E-state index in [1.165, 1.54) is 23.1 Å². The molecule has 0 amide bonds. The molecular weight excluding hydrogens is 232 g/mol. The molecule has 0 atom stereocenters. The van der Waals surface area contributed by atoms with Crippen LogP contribution in [0.4, 0.5) is 0 Å². The Bertz CT molecular complexity index is 520. The van der Waals surface area contributed by atoms with Gasteiger partial charge in [0.2, 0.25) is 5.16 Å². The van der Waals surface area contributed by atoms with Gasteiger partial charge in [-0.2, -0.15) is 4.68 Å². The predicted octanol–water partition coefficient (Wildman–Crippen LogP) is 0.802. The summed E-state index contributed by atoms with van der Waals surface area (Å²) in [5.74, 6) is 5.59. The van der Waals surface area contributed by atoms with Crippen molar-refractivity contribution in [2.75, 3.05) is 12.1 Å². The van der Waals surface area contributed by atoms with E-state index in [9.17, 15) is 4.79 Å². The second-order valence-corrected chi connectivity index (χ2v) is 4.41. The van der Waals surface area contributed by atoms with Crippen molar-refractivity contribution in [3.63, 3.8) is 0 Å². The van der Waals surface area contributed by atoms with Gasteiger partial charge in [0.1, 0.15) is 0 Å². The molecule has 0 aliphatic carbocycles. The smallest absolute Gasteiger partial charge is 0.300 e. The van der Waals surface area contributed by atoms with E-state index >= 15 is 0 Å². The lowest BCUT2D eigenvalue weighted by molar-refractivity contribution is 0.706. The third-order valence-electron chi connectivity index (χ3n) is 1.80. The molecule has 0 saturated carbocycles. The van der Waals surface area contributed by atoms with Gasteiger partial charge < -0.3 is 5.84 Å². The van der Waals surface area contributed by atoms with Crippen LogP contribution in [0.2, 0.25) is 0 Å². The first kappa shape index (κ1) is 10.2. The molecule has 7 heteroatoms. The number of rotatable bonds is 2. The molecule has 0 fully saturated rings. The van der Waals surface area contributed by atoms with E-state index < -0.39 is 0 Å². The third-order valence-corrected chi connectivity index (χ3v) is 3.32. The molecule has 2 aromatic heterocycles. The largest absolute Gasteiger partial charge is 0.334 e. The fourth-order valence-corrected chi connectivity index (χ4v) is 2.19. The number of thiophene rings is 1. The summed E-state index contributed by atoms with van der Waals surface area (Å²) in [6.45, 7) is 0. The highest BCUT2D eigenvalue weighted by Crippen LogP contribution is 2.19. The van der Waals surface area contributed by atoms with Crippen molar-refractivity contribution in [2.45, 2.75) is 5.16 Å². The topological polar surface area (TPSA) is 73.8 Å². The van der Waals surface area contributed by atoms with E-state index in [0.717, 1.165) is 9.55 Å². The monoisotopic (exact) mass is 240 g/mol. The Morgan fingerprint density at radius 2 is 2.33 bits per heavy atom. The summed E-state index contributed by atoms with van der Waals surface area (Å²) in [4.78, 5) is 12.6. The Hall–Kier alpha value is -1.34. The zero-order valence-corrected chi connectivity index (χ0v) is 9.51. The lowest BCUT2D eigenvalue weighted by atomic mass is 10.4. The van der Waals surface area contributed by atoms with Crippen molar-refractivity contribution in [3.8, 4) is 10.6 Å². The van der Waals surface area contributed by atoms with Gasteiger partial charge in [0.25, 0.3) is 5.56 Å². The van der Waals surface area contributed by atoms with Crippen LogP contribution in [0.15, 0.2) is 27.5 Å². The van der Waals surface area contributed by atoms with Crippen molar-refractivity contribution in [3.05, 3.63) is 27.9 Å². The molecule has 0 bridgehead atoms. The van der Waals surface area contributed by atoms with Crippen molar-refractivity contribution >= 4 is 23.1 Å². The zero-order valence-electron chi connectivity index (χ0n) is 7.88. The summed E-state index contributed by atoms with van der Waals surface area (Å²) in [6, 6.07) is 3.67. The lowest BCUT2D eigenvalue weighted by Crippen LogP contribution is -2.31. The Morgan fingerprint density at radius 3 is 2.93 bits per heavy atom. The van der Waals surface area contributed by atoms with E-state index in [0.29, 0.717) is 10.9 Å². The molecule has 2 rings (SSSR count). The van der Waals surface area contributed by atoms with E-state index in [-0.39, 0.29) is 5.56 Å². The molecular formula is C8H8N4OS2. The standard InChI is InChI=1S/C8H8N4OS2/c1-14-8-11-10-6(7(13)12(8)9)5-3-2-4-15-5/h2-4H,9H2,1H3. The predicted molar refractivity (Wildman–Crippen MR) is 61.5 cm³/mol. The SMILES string of the molecule is CSc1nnc(-c2cccs2)c(=O)n1N. The van der Waals surface area contributed by atoms with Crippen LogP contribution in [0.5, 0.6) is 0 Å². The minimum atomic E-state index is -0.322. The highest BCUT2D eigenvalue weighted by molar-refractivity contribution is 7.98. The summed E-state index contributed by atoms with van der Waals surface area (Å²) >= 11 is 2.72. The van der Waals surface area contributed by atoms with Crippen LogP contribution in [0.3, 0.4) is 0 Å². The number of hydrogen-bond donors (Lipinski definition) is 1. The zero-order chi connectivity index (χ0) is 10.8. The van der Waals surface area contributed by atoms with Crippen molar-refractivity contribution in [1.82, 2.24) is 14.9 Å². The van der Waals surface area contributed by atoms with Crippen molar-refractivity contribution < 1.29 is 0 Å². The first-order chi connectivity index (χ1) is 7.24. The van der Waals surface area contributed by atoms with E-state index in [4.69, 9.17) is 5.84 Å². The van der Waals surface area contributed by atoms with Crippen molar-refractivity contribution in [2.24, 2.45) is 0 Å². The third kappa shape index (κ3) is 1.75. The Labute approximate surface area is 93.9 Å². The molecule has 15 heavy (non-hydrogen) atoms. The van der Waals surface area contributed by atoms with Gasteiger partial charge in [0, 0.05) is 0 Å². The Balaban J connectivity index is 2.62. The van der Waals surface area contributed by atoms with Gasteiger partial charge in [-0.3, -0.25) is 4.79 Å². The summed E-state index contributed by atoms with van der Waals surface area (Å²) in [5.41, 5.74) is -0.0258. The molecule has 2 aromatic rings. The first-order valence-corrected chi connectivity index (χ1v) is 6.17. The molecule has 0 saturated heterocycles. The molecule has 0 radical (unpaired) electrons. The van der Waals surface area contributed by atoms with Crippen LogP contribution >= 0.6 is 23.1 Å². The first-order valence-electron chi connectivity index (χ1n) is 4.06. The van der Waals surface area contributed by atoms with Crippen LogP contribution in [0, 0.1) is 0 Å². The average Bonchev–Trinajstić information content (AvgIpc) is 2.75. The van der Waals surface area contributed by atoms with E-state index in [1.807, 2.05) is 17.5 Å².